The van der Waals surface area contributed by atoms with Gasteiger partial charge in [0.25, 0.3) is 21.6 Å². The molecule has 10 heteroatoms. The molecule has 0 radical (unpaired) electrons. The summed E-state index contributed by atoms with van der Waals surface area (Å²) in [6, 6.07) is 13.5. The first kappa shape index (κ1) is 19.5. The number of aryl methyl sites for hydroxylation is 1. The molecule has 2 N–H and O–H groups in total. The van der Waals surface area contributed by atoms with Gasteiger partial charge < -0.3 is 5.32 Å². The van der Waals surface area contributed by atoms with Crippen molar-refractivity contribution in [1.29, 1.82) is 0 Å². The van der Waals surface area contributed by atoms with E-state index in [-0.39, 0.29) is 26.8 Å². The van der Waals surface area contributed by atoms with Crippen LogP contribution in [0.25, 0.3) is 0 Å². The normalized spacial score (nSPS) is 11.0. The van der Waals surface area contributed by atoms with E-state index in [1.165, 1.54) is 30.3 Å². The maximum atomic E-state index is 12.7. The average molecular weight is 417 g/mol. The number of benzene rings is 2. The number of carbonyl (C=O) groups is 1. The Labute approximate surface area is 165 Å². The number of carbonyl (C=O) groups excluding carboxylic acids is 1. The van der Waals surface area contributed by atoms with E-state index in [4.69, 9.17) is 0 Å². The summed E-state index contributed by atoms with van der Waals surface area (Å²) in [5, 5.41) is 15.3. The van der Waals surface area contributed by atoms with E-state index < -0.39 is 20.9 Å². The highest BCUT2D eigenvalue weighted by atomic mass is 32.2. The van der Waals surface area contributed by atoms with Crippen molar-refractivity contribution in [2.24, 2.45) is 0 Å². The Morgan fingerprint density at radius 1 is 1.11 bits per heavy atom. The Morgan fingerprint density at radius 3 is 2.54 bits per heavy atom. The van der Waals surface area contributed by atoms with E-state index in [1.54, 1.807) is 36.6 Å². The Bertz CT molecular complexity index is 1140. The van der Waals surface area contributed by atoms with Gasteiger partial charge in [-0.25, -0.2) is 8.42 Å². The average Bonchev–Trinajstić information content (AvgIpc) is 3.19. The second kappa shape index (κ2) is 7.79. The molecule has 1 heterocycles. The van der Waals surface area contributed by atoms with Gasteiger partial charge in [0.15, 0.2) is 0 Å². The van der Waals surface area contributed by atoms with Crippen molar-refractivity contribution in [1.82, 2.24) is 0 Å². The lowest BCUT2D eigenvalue weighted by Crippen LogP contribution is -2.18. The number of sulfonamides is 1. The van der Waals surface area contributed by atoms with Crippen molar-refractivity contribution in [3.63, 3.8) is 0 Å². The summed E-state index contributed by atoms with van der Waals surface area (Å²) in [5.74, 6) is -0.595. The van der Waals surface area contributed by atoms with E-state index in [0.29, 0.717) is 5.56 Å². The second-order valence-electron chi connectivity index (χ2n) is 5.80. The number of hydrogen-bond donors (Lipinski definition) is 2. The minimum Gasteiger partial charge on any atom is -0.322 e. The summed E-state index contributed by atoms with van der Waals surface area (Å²) in [6.45, 7) is 1.60. The Hall–Kier alpha value is -3.24. The smallest absolute Gasteiger partial charge is 0.274 e. The minimum atomic E-state index is -3.82. The van der Waals surface area contributed by atoms with Crippen LogP contribution in [0.15, 0.2) is 64.2 Å². The second-order valence-corrected chi connectivity index (χ2v) is 8.65. The van der Waals surface area contributed by atoms with Gasteiger partial charge in [-0.3, -0.25) is 19.6 Å². The van der Waals surface area contributed by atoms with Gasteiger partial charge in [0.05, 0.1) is 16.2 Å². The molecular formula is C18H15N3O5S2. The maximum absolute atomic E-state index is 12.7. The third-order valence-electron chi connectivity index (χ3n) is 3.84. The molecule has 0 aliphatic heterocycles. The standard InChI is InChI=1S/C18H15N3O5S2/c1-12-8-9-13(11-16(12)21(23)24)19-18(22)14-5-2-3-6-15(14)20-28(25,26)17-7-4-10-27-17/h2-11,20H,1H3,(H,19,22). The van der Waals surface area contributed by atoms with Crippen molar-refractivity contribution in [2.45, 2.75) is 11.1 Å². The van der Waals surface area contributed by atoms with Crippen molar-refractivity contribution in [3.05, 3.63) is 81.2 Å². The lowest BCUT2D eigenvalue weighted by molar-refractivity contribution is -0.385. The summed E-state index contributed by atoms with van der Waals surface area (Å²) >= 11 is 1.06. The SMILES string of the molecule is Cc1ccc(NC(=O)c2ccccc2NS(=O)(=O)c2cccs2)cc1[N+](=O)[O-]. The Morgan fingerprint density at radius 2 is 1.86 bits per heavy atom. The van der Waals surface area contributed by atoms with Crippen molar-refractivity contribution in [2.75, 3.05) is 10.0 Å². The van der Waals surface area contributed by atoms with Gasteiger partial charge in [0, 0.05) is 17.3 Å². The molecule has 0 aliphatic rings. The van der Waals surface area contributed by atoms with Crippen LogP contribution in [0, 0.1) is 17.0 Å². The van der Waals surface area contributed by atoms with Gasteiger partial charge in [-0.05, 0) is 36.6 Å². The van der Waals surface area contributed by atoms with Gasteiger partial charge >= 0.3 is 0 Å². The number of nitrogens with zero attached hydrogens (tertiary/aromatic N) is 1. The summed E-state index contributed by atoms with van der Waals surface area (Å²) in [4.78, 5) is 23.2. The number of nitro benzene ring substituents is 1. The van der Waals surface area contributed by atoms with Gasteiger partial charge in [0.2, 0.25) is 0 Å². The molecule has 144 valence electrons. The summed E-state index contributed by atoms with van der Waals surface area (Å²) in [5.41, 5.74) is 0.774. The molecule has 0 bridgehead atoms. The van der Waals surface area contributed by atoms with Crippen LogP contribution in [0.3, 0.4) is 0 Å². The van der Waals surface area contributed by atoms with Crippen LogP contribution in [-0.4, -0.2) is 19.2 Å². The van der Waals surface area contributed by atoms with Crippen molar-refractivity contribution in [3.8, 4) is 0 Å². The molecule has 0 spiro atoms. The molecule has 0 saturated heterocycles. The quantitative estimate of drug-likeness (QED) is 0.464. The molecule has 1 aromatic heterocycles. The summed E-state index contributed by atoms with van der Waals surface area (Å²) in [7, 11) is -3.82. The highest BCUT2D eigenvalue weighted by Gasteiger charge is 2.20. The largest absolute Gasteiger partial charge is 0.322 e. The fraction of sp³-hybridized carbons (Fsp3) is 0.0556. The molecule has 3 rings (SSSR count). The van der Waals surface area contributed by atoms with Crippen LogP contribution in [0.1, 0.15) is 15.9 Å². The van der Waals surface area contributed by atoms with Gasteiger partial charge in [-0.1, -0.05) is 24.3 Å². The van der Waals surface area contributed by atoms with E-state index in [2.05, 4.69) is 10.0 Å². The Kier molecular flexibility index (Phi) is 5.43. The van der Waals surface area contributed by atoms with Crippen LogP contribution in [0.4, 0.5) is 17.1 Å². The third-order valence-corrected chi connectivity index (χ3v) is 6.60. The van der Waals surface area contributed by atoms with Crippen LogP contribution in [0.5, 0.6) is 0 Å². The van der Waals surface area contributed by atoms with E-state index in [9.17, 15) is 23.3 Å². The first-order valence-corrected chi connectivity index (χ1v) is 10.4. The number of nitro groups is 1. The van der Waals surface area contributed by atoms with Gasteiger partial charge in [-0.2, -0.15) is 0 Å². The molecule has 0 saturated carbocycles. The molecule has 28 heavy (non-hydrogen) atoms. The van der Waals surface area contributed by atoms with E-state index in [0.717, 1.165) is 11.3 Å². The number of para-hydroxylation sites is 1. The highest BCUT2D eigenvalue weighted by molar-refractivity contribution is 7.94. The predicted octanol–water partition coefficient (Wildman–Crippen LogP) is 4.02. The van der Waals surface area contributed by atoms with Gasteiger partial charge in [-0.15, -0.1) is 11.3 Å². The molecule has 1 amide bonds. The molecule has 0 aliphatic carbocycles. The van der Waals surface area contributed by atoms with Crippen molar-refractivity contribution >= 4 is 44.3 Å². The monoisotopic (exact) mass is 417 g/mol. The number of nitrogens with one attached hydrogen (secondary N) is 2. The van der Waals surface area contributed by atoms with Crippen LogP contribution in [-0.2, 0) is 10.0 Å². The van der Waals surface area contributed by atoms with E-state index in [1.807, 2.05) is 0 Å². The topological polar surface area (TPSA) is 118 Å². The third kappa shape index (κ3) is 4.18. The number of thiophene rings is 1. The van der Waals surface area contributed by atoms with Crippen LogP contribution < -0.4 is 10.0 Å². The number of amides is 1. The van der Waals surface area contributed by atoms with Crippen molar-refractivity contribution < 1.29 is 18.1 Å². The lowest BCUT2D eigenvalue weighted by Gasteiger charge is -2.12. The molecule has 0 fully saturated rings. The molecule has 2 aromatic carbocycles. The predicted molar refractivity (Wildman–Crippen MR) is 107 cm³/mol. The van der Waals surface area contributed by atoms with Gasteiger partial charge in [0.1, 0.15) is 4.21 Å². The van der Waals surface area contributed by atoms with E-state index >= 15 is 0 Å². The van der Waals surface area contributed by atoms with Crippen LogP contribution >= 0.6 is 11.3 Å². The Balaban J connectivity index is 1.88. The summed E-state index contributed by atoms with van der Waals surface area (Å²) in [6.07, 6.45) is 0. The molecule has 0 atom stereocenters. The fourth-order valence-electron chi connectivity index (χ4n) is 2.46. The fourth-order valence-corrected chi connectivity index (χ4v) is 4.54. The number of rotatable bonds is 6. The first-order chi connectivity index (χ1) is 13.3. The maximum Gasteiger partial charge on any atom is 0.274 e. The zero-order chi connectivity index (χ0) is 20.3. The number of hydrogen-bond acceptors (Lipinski definition) is 6. The molecule has 8 nitrogen and oxygen atoms in total. The summed E-state index contributed by atoms with van der Waals surface area (Å²) < 4.78 is 27.4. The molecule has 3 aromatic rings. The van der Waals surface area contributed by atoms with Crippen LogP contribution in [0.2, 0.25) is 0 Å². The first-order valence-electron chi connectivity index (χ1n) is 8.00. The minimum absolute atomic E-state index is 0.0888. The highest BCUT2D eigenvalue weighted by Crippen LogP contribution is 2.25. The lowest BCUT2D eigenvalue weighted by atomic mass is 10.1. The molecule has 0 unspecified atom stereocenters. The molecular weight excluding hydrogens is 402 g/mol. The zero-order valence-electron chi connectivity index (χ0n) is 14.6. The number of anilines is 2. The zero-order valence-corrected chi connectivity index (χ0v) is 16.2.